The molecule has 1 fully saturated rings. The number of aromatic nitrogens is 2. The van der Waals surface area contributed by atoms with Gasteiger partial charge in [0, 0.05) is 38.4 Å². The van der Waals surface area contributed by atoms with E-state index in [-0.39, 0.29) is 10.9 Å². The van der Waals surface area contributed by atoms with E-state index in [4.69, 9.17) is 5.73 Å². The molecule has 1 unspecified atom stereocenters. The molecule has 0 bridgehead atoms. The lowest BCUT2D eigenvalue weighted by Crippen LogP contribution is -2.56. The third-order valence-corrected chi connectivity index (χ3v) is 4.57. The average molecular weight is 245 g/mol. The standard InChI is InChI=1S/C8H15N5O2S/c9-3-7-4-10-1-2-13(7)16(14,15)8-5-11-12-6-8/h5-7,10H,1-4,9H2,(H,11,12). The molecular weight excluding hydrogens is 230 g/mol. The van der Waals surface area contributed by atoms with E-state index in [0.29, 0.717) is 26.2 Å². The molecule has 2 heterocycles. The van der Waals surface area contributed by atoms with E-state index in [0.717, 1.165) is 0 Å². The van der Waals surface area contributed by atoms with Crippen molar-refractivity contribution < 1.29 is 8.42 Å². The molecule has 0 aromatic carbocycles. The molecule has 16 heavy (non-hydrogen) atoms. The van der Waals surface area contributed by atoms with Crippen LogP contribution in [-0.2, 0) is 10.0 Å². The van der Waals surface area contributed by atoms with Gasteiger partial charge < -0.3 is 11.1 Å². The fraction of sp³-hybridized carbons (Fsp3) is 0.625. The van der Waals surface area contributed by atoms with Gasteiger partial charge in [0.05, 0.1) is 6.20 Å². The summed E-state index contributed by atoms with van der Waals surface area (Å²) in [5, 5.41) is 9.29. The van der Waals surface area contributed by atoms with Crippen LogP contribution < -0.4 is 11.1 Å². The smallest absolute Gasteiger partial charge is 0.246 e. The second-order valence-corrected chi connectivity index (χ2v) is 5.53. The predicted octanol–water partition coefficient (Wildman–Crippen LogP) is -1.67. The summed E-state index contributed by atoms with van der Waals surface area (Å²) >= 11 is 0. The second kappa shape index (κ2) is 4.50. The van der Waals surface area contributed by atoms with Gasteiger partial charge in [0.1, 0.15) is 4.90 Å². The topological polar surface area (TPSA) is 104 Å². The number of nitrogens with two attached hydrogens (primary N) is 1. The number of H-pyrrole nitrogens is 1. The average Bonchev–Trinajstić information content (AvgIpc) is 2.83. The minimum atomic E-state index is -3.46. The lowest BCUT2D eigenvalue weighted by molar-refractivity contribution is 0.272. The van der Waals surface area contributed by atoms with Crippen LogP contribution in [0.15, 0.2) is 17.3 Å². The van der Waals surface area contributed by atoms with Crippen molar-refractivity contribution in [2.75, 3.05) is 26.2 Å². The Kier molecular flexibility index (Phi) is 3.24. The number of hydrogen-bond donors (Lipinski definition) is 3. The van der Waals surface area contributed by atoms with Crippen molar-refractivity contribution in [1.82, 2.24) is 19.8 Å². The molecule has 0 spiro atoms. The summed E-state index contributed by atoms with van der Waals surface area (Å²) in [6, 6.07) is -0.186. The molecule has 4 N–H and O–H groups in total. The van der Waals surface area contributed by atoms with Crippen LogP contribution in [0, 0.1) is 0 Å². The van der Waals surface area contributed by atoms with Gasteiger partial charge in [0.15, 0.2) is 0 Å². The summed E-state index contributed by atoms with van der Waals surface area (Å²) in [7, 11) is -3.46. The van der Waals surface area contributed by atoms with E-state index in [1.807, 2.05) is 0 Å². The lowest BCUT2D eigenvalue weighted by Gasteiger charge is -2.33. The van der Waals surface area contributed by atoms with E-state index in [9.17, 15) is 8.42 Å². The van der Waals surface area contributed by atoms with Crippen molar-refractivity contribution in [3.8, 4) is 0 Å². The van der Waals surface area contributed by atoms with Gasteiger partial charge in [0.25, 0.3) is 0 Å². The van der Waals surface area contributed by atoms with Gasteiger partial charge in [-0.15, -0.1) is 0 Å². The van der Waals surface area contributed by atoms with Crippen LogP contribution in [0.1, 0.15) is 0 Å². The molecule has 0 amide bonds. The first-order valence-electron chi connectivity index (χ1n) is 5.07. The van der Waals surface area contributed by atoms with Crippen LogP contribution in [0.25, 0.3) is 0 Å². The van der Waals surface area contributed by atoms with E-state index in [2.05, 4.69) is 15.5 Å². The SMILES string of the molecule is NCC1CNCCN1S(=O)(=O)c1cn[nH]c1. The van der Waals surface area contributed by atoms with Crippen LogP contribution in [-0.4, -0.2) is 55.1 Å². The number of aromatic amines is 1. The predicted molar refractivity (Wildman–Crippen MR) is 58.2 cm³/mol. The zero-order valence-electron chi connectivity index (χ0n) is 8.76. The maximum atomic E-state index is 12.2. The van der Waals surface area contributed by atoms with Crippen molar-refractivity contribution in [2.45, 2.75) is 10.9 Å². The summed E-state index contributed by atoms with van der Waals surface area (Å²) in [6.45, 7) is 1.99. The Bertz CT molecular complexity index is 429. The highest BCUT2D eigenvalue weighted by Gasteiger charge is 2.33. The summed E-state index contributed by atoms with van der Waals surface area (Å²) in [5.41, 5.74) is 5.57. The highest BCUT2D eigenvalue weighted by atomic mass is 32.2. The molecular formula is C8H15N5O2S. The van der Waals surface area contributed by atoms with Gasteiger partial charge in [0.2, 0.25) is 10.0 Å². The highest BCUT2D eigenvalue weighted by Crippen LogP contribution is 2.17. The molecule has 0 aliphatic carbocycles. The molecule has 8 heteroatoms. The van der Waals surface area contributed by atoms with Crippen LogP contribution >= 0.6 is 0 Å². The quantitative estimate of drug-likeness (QED) is 0.591. The first-order chi connectivity index (χ1) is 7.66. The van der Waals surface area contributed by atoms with Gasteiger partial charge in [-0.05, 0) is 0 Å². The molecule has 1 aliphatic heterocycles. The Morgan fingerprint density at radius 1 is 1.62 bits per heavy atom. The van der Waals surface area contributed by atoms with E-state index < -0.39 is 10.0 Å². The lowest BCUT2D eigenvalue weighted by atomic mass is 10.2. The zero-order valence-corrected chi connectivity index (χ0v) is 9.57. The number of nitrogens with one attached hydrogen (secondary N) is 2. The monoisotopic (exact) mass is 245 g/mol. The zero-order chi connectivity index (χ0) is 11.6. The summed E-state index contributed by atoms with van der Waals surface area (Å²) in [6.07, 6.45) is 2.69. The van der Waals surface area contributed by atoms with E-state index in [1.54, 1.807) is 0 Å². The molecule has 0 radical (unpaired) electrons. The molecule has 1 aromatic rings. The Morgan fingerprint density at radius 3 is 3.06 bits per heavy atom. The van der Waals surface area contributed by atoms with E-state index >= 15 is 0 Å². The maximum absolute atomic E-state index is 12.2. The van der Waals surface area contributed by atoms with Gasteiger partial charge in [-0.3, -0.25) is 5.10 Å². The summed E-state index contributed by atoms with van der Waals surface area (Å²) in [5.74, 6) is 0. The minimum absolute atomic E-state index is 0.186. The van der Waals surface area contributed by atoms with Crippen LogP contribution in [0.3, 0.4) is 0 Å². The van der Waals surface area contributed by atoms with Gasteiger partial charge in [-0.2, -0.15) is 9.40 Å². The van der Waals surface area contributed by atoms with Gasteiger partial charge in [-0.1, -0.05) is 0 Å². The molecule has 1 atom stereocenters. The Morgan fingerprint density at radius 2 is 2.44 bits per heavy atom. The fourth-order valence-corrected chi connectivity index (χ4v) is 3.32. The molecule has 0 saturated carbocycles. The molecule has 7 nitrogen and oxygen atoms in total. The van der Waals surface area contributed by atoms with Crippen LogP contribution in [0.5, 0.6) is 0 Å². The van der Waals surface area contributed by atoms with Gasteiger partial charge >= 0.3 is 0 Å². The number of rotatable bonds is 3. The van der Waals surface area contributed by atoms with Crippen molar-refractivity contribution in [3.05, 3.63) is 12.4 Å². The first-order valence-corrected chi connectivity index (χ1v) is 6.51. The van der Waals surface area contributed by atoms with Gasteiger partial charge in [-0.25, -0.2) is 8.42 Å². The van der Waals surface area contributed by atoms with E-state index in [1.165, 1.54) is 16.7 Å². The molecule has 2 rings (SSSR count). The third kappa shape index (κ3) is 1.96. The number of nitrogens with zero attached hydrogens (tertiary/aromatic N) is 2. The normalized spacial score (nSPS) is 23.4. The number of sulfonamides is 1. The maximum Gasteiger partial charge on any atom is 0.246 e. The van der Waals surface area contributed by atoms with Crippen molar-refractivity contribution >= 4 is 10.0 Å². The molecule has 1 saturated heterocycles. The summed E-state index contributed by atoms with van der Waals surface area (Å²) in [4.78, 5) is 0.188. The second-order valence-electron chi connectivity index (χ2n) is 3.64. The number of piperazine rings is 1. The Balaban J connectivity index is 2.28. The first kappa shape index (κ1) is 11.5. The van der Waals surface area contributed by atoms with Crippen LogP contribution in [0.4, 0.5) is 0 Å². The molecule has 1 aromatic heterocycles. The number of hydrogen-bond acceptors (Lipinski definition) is 5. The van der Waals surface area contributed by atoms with Crippen molar-refractivity contribution in [2.24, 2.45) is 5.73 Å². The fourth-order valence-electron chi connectivity index (χ4n) is 1.78. The van der Waals surface area contributed by atoms with Crippen molar-refractivity contribution in [1.29, 1.82) is 0 Å². The Labute approximate surface area is 94.1 Å². The minimum Gasteiger partial charge on any atom is -0.329 e. The van der Waals surface area contributed by atoms with Crippen LogP contribution in [0.2, 0.25) is 0 Å². The highest BCUT2D eigenvalue weighted by molar-refractivity contribution is 7.89. The largest absolute Gasteiger partial charge is 0.329 e. The Hall–Kier alpha value is -0.960. The third-order valence-electron chi connectivity index (χ3n) is 2.65. The molecule has 1 aliphatic rings. The summed E-state index contributed by atoms with van der Waals surface area (Å²) < 4.78 is 25.8. The van der Waals surface area contributed by atoms with Crippen molar-refractivity contribution in [3.63, 3.8) is 0 Å². The molecule has 90 valence electrons.